The average Bonchev–Trinajstić information content (AvgIpc) is 2.75. The fourth-order valence-electron chi connectivity index (χ4n) is 2.00. The van der Waals surface area contributed by atoms with Crippen molar-refractivity contribution in [2.24, 2.45) is 0 Å². The van der Waals surface area contributed by atoms with Gasteiger partial charge in [0.15, 0.2) is 5.78 Å². The molecule has 1 aromatic heterocycles. The molecule has 0 aliphatic carbocycles. The van der Waals surface area contributed by atoms with Crippen LogP contribution in [0.5, 0.6) is 0 Å². The normalized spacial score (nSPS) is 18.3. The molecule has 0 bridgehead atoms. The summed E-state index contributed by atoms with van der Waals surface area (Å²) in [5.74, 6) is 0.0967. The molecule has 0 unspecified atom stereocenters. The zero-order valence-electron chi connectivity index (χ0n) is 10.0. The van der Waals surface area contributed by atoms with E-state index in [0.717, 1.165) is 13.1 Å². The van der Waals surface area contributed by atoms with Crippen molar-refractivity contribution in [1.29, 1.82) is 0 Å². The molecule has 0 atom stereocenters. The molecule has 0 spiro atoms. The molecule has 1 aromatic rings. The van der Waals surface area contributed by atoms with E-state index in [1.807, 2.05) is 19.2 Å². The van der Waals surface area contributed by atoms with Crippen LogP contribution in [0.15, 0.2) is 11.4 Å². The summed E-state index contributed by atoms with van der Waals surface area (Å²) in [5.41, 5.74) is -0.516. The minimum atomic E-state index is -0.516. The maximum absolute atomic E-state index is 12.5. The van der Waals surface area contributed by atoms with Crippen molar-refractivity contribution in [1.82, 2.24) is 4.90 Å². The molecule has 1 saturated heterocycles. The quantitative estimate of drug-likeness (QED) is 0.793. The minimum Gasteiger partial charge on any atom is -0.379 e. The lowest BCUT2D eigenvalue weighted by Gasteiger charge is -2.39. The van der Waals surface area contributed by atoms with Crippen LogP contribution in [-0.2, 0) is 4.74 Å². The molecule has 2 heterocycles. The van der Waals surface area contributed by atoms with Crippen molar-refractivity contribution in [3.8, 4) is 0 Å². The van der Waals surface area contributed by atoms with Crippen molar-refractivity contribution in [3.05, 3.63) is 21.3 Å². The van der Waals surface area contributed by atoms with Crippen LogP contribution in [0, 0.1) is 0 Å². The van der Waals surface area contributed by atoms with Crippen LogP contribution in [0.25, 0.3) is 0 Å². The Hall–Kier alpha value is -0.420. The number of rotatable bonds is 3. The number of ether oxygens (including phenoxy) is 1. The molecule has 1 fully saturated rings. The molecule has 0 N–H and O–H groups in total. The highest BCUT2D eigenvalue weighted by atomic mass is 35.5. The Balaban J connectivity index is 2.19. The van der Waals surface area contributed by atoms with E-state index in [0.29, 0.717) is 23.1 Å². The molecule has 5 heteroatoms. The van der Waals surface area contributed by atoms with Gasteiger partial charge in [0.1, 0.15) is 0 Å². The maximum atomic E-state index is 12.5. The number of Topliss-reactive ketones (excluding diaryl/α,β-unsaturated/α-hetero) is 1. The van der Waals surface area contributed by atoms with E-state index in [4.69, 9.17) is 16.3 Å². The van der Waals surface area contributed by atoms with Crippen LogP contribution in [0.1, 0.15) is 23.5 Å². The Bertz CT molecular complexity index is 410. The van der Waals surface area contributed by atoms with Gasteiger partial charge < -0.3 is 4.74 Å². The Morgan fingerprint density at radius 2 is 2.12 bits per heavy atom. The van der Waals surface area contributed by atoms with E-state index in [9.17, 15) is 4.79 Å². The second kappa shape index (κ2) is 5.06. The molecule has 0 amide bonds. The van der Waals surface area contributed by atoms with Gasteiger partial charge in [-0.25, -0.2) is 0 Å². The molecular formula is C12H16ClNO2S. The van der Waals surface area contributed by atoms with Gasteiger partial charge in [-0.15, -0.1) is 11.3 Å². The summed E-state index contributed by atoms with van der Waals surface area (Å²) in [6.07, 6.45) is 0. The number of halogens is 1. The van der Waals surface area contributed by atoms with E-state index in [1.54, 1.807) is 6.07 Å². The maximum Gasteiger partial charge on any atom is 0.193 e. The summed E-state index contributed by atoms with van der Waals surface area (Å²) < 4.78 is 5.31. The highest BCUT2D eigenvalue weighted by molar-refractivity contribution is 7.12. The monoisotopic (exact) mass is 273 g/mol. The summed E-state index contributed by atoms with van der Waals surface area (Å²) in [6, 6.07) is 1.77. The van der Waals surface area contributed by atoms with Gasteiger partial charge in [-0.3, -0.25) is 9.69 Å². The molecule has 0 saturated carbocycles. The summed E-state index contributed by atoms with van der Waals surface area (Å²) >= 11 is 7.44. The third-order valence-corrected chi connectivity index (χ3v) is 4.52. The Morgan fingerprint density at radius 3 is 2.65 bits per heavy atom. The number of ketones is 1. The molecule has 3 nitrogen and oxygen atoms in total. The van der Waals surface area contributed by atoms with Crippen molar-refractivity contribution < 1.29 is 9.53 Å². The first-order valence-electron chi connectivity index (χ1n) is 5.64. The number of hydrogen-bond donors (Lipinski definition) is 0. The van der Waals surface area contributed by atoms with Crippen LogP contribution in [0.3, 0.4) is 0 Å². The van der Waals surface area contributed by atoms with Gasteiger partial charge in [0, 0.05) is 13.1 Å². The fourth-order valence-corrected chi connectivity index (χ4v) is 3.23. The molecule has 0 aromatic carbocycles. The number of nitrogens with zero attached hydrogens (tertiary/aromatic N) is 1. The van der Waals surface area contributed by atoms with Crippen molar-refractivity contribution in [3.63, 3.8) is 0 Å². The molecule has 94 valence electrons. The van der Waals surface area contributed by atoms with Crippen molar-refractivity contribution in [2.75, 3.05) is 26.3 Å². The molecule has 17 heavy (non-hydrogen) atoms. The number of hydrogen-bond acceptors (Lipinski definition) is 4. The van der Waals surface area contributed by atoms with Gasteiger partial charge in [-0.05, 0) is 25.3 Å². The molecule has 1 aliphatic rings. The fraction of sp³-hybridized carbons (Fsp3) is 0.583. The zero-order chi connectivity index (χ0) is 12.5. The van der Waals surface area contributed by atoms with E-state index in [1.165, 1.54) is 11.3 Å². The summed E-state index contributed by atoms with van der Waals surface area (Å²) in [5, 5.41) is 2.41. The lowest BCUT2D eigenvalue weighted by molar-refractivity contribution is -0.00414. The number of carbonyl (C=O) groups excluding carboxylic acids is 1. The summed E-state index contributed by atoms with van der Waals surface area (Å²) in [4.78, 5) is 15.3. The average molecular weight is 274 g/mol. The van der Waals surface area contributed by atoms with Gasteiger partial charge in [0.25, 0.3) is 0 Å². The minimum absolute atomic E-state index is 0.0967. The number of morpholine rings is 1. The van der Waals surface area contributed by atoms with Crippen molar-refractivity contribution in [2.45, 2.75) is 19.4 Å². The predicted octanol–water partition coefficient (Wildman–Crippen LogP) is 2.70. The first-order chi connectivity index (χ1) is 8.03. The van der Waals surface area contributed by atoms with Crippen LogP contribution >= 0.6 is 22.9 Å². The molecule has 0 radical (unpaired) electrons. The van der Waals surface area contributed by atoms with E-state index >= 15 is 0 Å². The smallest absolute Gasteiger partial charge is 0.193 e. The second-order valence-electron chi connectivity index (χ2n) is 4.59. The highest BCUT2D eigenvalue weighted by Gasteiger charge is 2.37. The van der Waals surface area contributed by atoms with Gasteiger partial charge in [-0.2, -0.15) is 0 Å². The first kappa shape index (κ1) is 13.0. The van der Waals surface area contributed by atoms with E-state index in [-0.39, 0.29) is 5.78 Å². The summed E-state index contributed by atoms with van der Waals surface area (Å²) in [7, 11) is 0. The summed E-state index contributed by atoms with van der Waals surface area (Å²) in [6.45, 7) is 6.88. The zero-order valence-corrected chi connectivity index (χ0v) is 11.6. The lowest BCUT2D eigenvalue weighted by atomic mass is 9.95. The first-order valence-corrected chi connectivity index (χ1v) is 6.90. The van der Waals surface area contributed by atoms with Gasteiger partial charge >= 0.3 is 0 Å². The van der Waals surface area contributed by atoms with Crippen LogP contribution in [-0.4, -0.2) is 42.5 Å². The number of thiophene rings is 1. The Labute approximate surface area is 110 Å². The molecule has 2 rings (SSSR count). The SMILES string of the molecule is CC(C)(C(=O)c1sccc1Cl)N1CCOCC1. The van der Waals surface area contributed by atoms with Crippen molar-refractivity contribution >= 4 is 28.7 Å². The Kier molecular flexibility index (Phi) is 3.88. The largest absolute Gasteiger partial charge is 0.379 e. The van der Waals surface area contributed by atoms with Gasteiger partial charge in [0.2, 0.25) is 0 Å². The molecular weight excluding hydrogens is 258 g/mol. The number of carbonyl (C=O) groups is 1. The van der Waals surface area contributed by atoms with Gasteiger partial charge in [-0.1, -0.05) is 11.6 Å². The predicted molar refractivity (Wildman–Crippen MR) is 70.1 cm³/mol. The van der Waals surface area contributed by atoms with Crippen LogP contribution in [0.4, 0.5) is 0 Å². The van der Waals surface area contributed by atoms with Crippen LogP contribution < -0.4 is 0 Å². The third kappa shape index (κ3) is 2.55. The van der Waals surface area contributed by atoms with Gasteiger partial charge in [0.05, 0.1) is 28.7 Å². The third-order valence-electron chi connectivity index (χ3n) is 3.18. The Morgan fingerprint density at radius 1 is 1.47 bits per heavy atom. The topological polar surface area (TPSA) is 29.5 Å². The highest BCUT2D eigenvalue weighted by Crippen LogP contribution is 2.29. The van der Waals surface area contributed by atoms with E-state index in [2.05, 4.69) is 4.90 Å². The van der Waals surface area contributed by atoms with Crippen LogP contribution in [0.2, 0.25) is 5.02 Å². The standard InChI is InChI=1S/C12H16ClNO2S/c1-12(2,14-4-6-16-7-5-14)11(15)10-9(13)3-8-17-10/h3,8H,4-7H2,1-2H3. The second-order valence-corrected chi connectivity index (χ2v) is 5.91. The van der Waals surface area contributed by atoms with E-state index < -0.39 is 5.54 Å². The molecule has 1 aliphatic heterocycles. The lowest BCUT2D eigenvalue weighted by Crippen LogP contribution is -2.54.